The van der Waals surface area contributed by atoms with Crippen molar-refractivity contribution in [1.82, 2.24) is 19.7 Å². The van der Waals surface area contributed by atoms with Gasteiger partial charge in [0, 0.05) is 37.3 Å². The van der Waals surface area contributed by atoms with Crippen LogP contribution in [0.15, 0.2) is 28.8 Å². The maximum atomic E-state index is 13.2. The van der Waals surface area contributed by atoms with Gasteiger partial charge in [-0.25, -0.2) is 4.98 Å². The van der Waals surface area contributed by atoms with Crippen molar-refractivity contribution < 1.29 is 18.7 Å². The smallest absolute Gasteiger partial charge is 0.257 e. The molecule has 0 radical (unpaired) electrons. The number of carbonyl (C=O) groups excluding carboxylic acids is 1. The highest BCUT2D eigenvalue weighted by Crippen LogP contribution is 2.32. The van der Waals surface area contributed by atoms with E-state index in [-0.39, 0.29) is 5.91 Å². The summed E-state index contributed by atoms with van der Waals surface area (Å²) in [5.41, 5.74) is 3.25. The summed E-state index contributed by atoms with van der Waals surface area (Å²) >= 11 is 0. The van der Waals surface area contributed by atoms with Crippen molar-refractivity contribution in [2.75, 3.05) is 20.8 Å². The molecule has 0 spiro atoms. The van der Waals surface area contributed by atoms with Crippen LogP contribution in [-0.4, -0.2) is 46.3 Å². The zero-order chi connectivity index (χ0) is 19.8. The van der Waals surface area contributed by atoms with Crippen LogP contribution in [0.5, 0.6) is 11.5 Å². The maximum Gasteiger partial charge on any atom is 0.257 e. The Morgan fingerprint density at radius 1 is 1.25 bits per heavy atom. The molecule has 4 rings (SSSR count). The van der Waals surface area contributed by atoms with Crippen LogP contribution in [0.25, 0.3) is 11.6 Å². The number of oxazole rings is 1. The molecule has 3 heterocycles. The van der Waals surface area contributed by atoms with E-state index in [4.69, 9.17) is 13.9 Å². The summed E-state index contributed by atoms with van der Waals surface area (Å²) < 4.78 is 18.1. The molecule has 3 aromatic rings. The van der Waals surface area contributed by atoms with Gasteiger partial charge in [-0.1, -0.05) is 0 Å². The molecule has 0 atom stereocenters. The number of hydrogen-bond donors (Lipinski definition) is 0. The Kier molecular flexibility index (Phi) is 4.54. The van der Waals surface area contributed by atoms with Gasteiger partial charge in [0.25, 0.3) is 5.91 Å². The minimum atomic E-state index is -0.0939. The average molecular weight is 382 g/mol. The van der Waals surface area contributed by atoms with E-state index in [1.165, 1.54) is 0 Å². The normalized spacial score (nSPS) is 13.4. The van der Waals surface area contributed by atoms with Gasteiger partial charge in [-0.3, -0.25) is 9.48 Å². The number of aromatic nitrogens is 3. The molecule has 1 aliphatic heterocycles. The highest BCUT2D eigenvalue weighted by Gasteiger charge is 2.30. The van der Waals surface area contributed by atoms with Crippen LogP contribution >= 0.6 is 0 Å². The fourth-order valence-electron chi connectivity index (χ4n) is 3.55. The lowest BCUT2D eigenvalue weighted by atomic mass is 10.0. The molecule has 28 heavy (non-hydrogen) atoms. The van der Waals surface area contributed by atoms with Crippen molar-refractivity contribution in [3.05, 3.63) is 47.0 Å². The van der Waals surface area contributed by atoms with Crippen molar-refractivity contribution in [3.8, 4) is 23.1 Å². The Hall–Kier alpha value is -3.29. The Morgan fingerprint density at radius 2 is 2.07 bits per heavy atom. The summed E-state index contributed by atoms with van der Waals surface area (Å²) in [6, 6.07) is 5.21. The fourth-order valence-corrected chi connectivity index (χ4v) is 3.55. The van der Waals surface area contributed by atoms with E-state index in [0.717, 1.165) is 17.0 Å². The van der Waals surface area contributed by atoms with Gasteiger partial charge in [-0.15, -0.1) is 0 Å². The number of ether oxygens (including phenoxy) is 2. The first-order chi connectivity index (χ1) is 13.5. The molecule has 8 nitrogen and oxygen atoms in total. The van der Waals surface area contributed by atoms with E-state index in [2.05, 4.69) is 10.1 Å². The summed E-state index contributed by atoms with van der Waals surface area (Å²) in [7, 11) is 5.03. The fraction of sp³-hybridized carbons (Fsp3) is 0.350. The van der Waals surface area contributed by atoms with Crippen molar-refractivity contribution in [1.29, 1.82) is 0 Å². The molecule has 0 saturated heterocycles. The first-order valence-electron chi connectivity index (χ1n) is 9.00. The lowest BCUT2D eigenvalue weighted by molar-refractivity contribution is 0.0730. The molecule has 146 valence electrons. The standard InChI is InChI=1S/C20H22N4O4/c1-12-10-21-19(28-12)18-15-11-24(8-7-16(15)23(2)22-18)20(25)14-6-5-13(26-3)9-17(14)27-4/h5-6,9-10H,7-8,11H2,1-4H3. The zero-order valence-electron chi connectivity index (χ0n) is 16.4. The third-order valence-corrected chi connectivity index (χ3v) is 4.99. The van der Waals surface area contributed by atoms with Crippen LogP contribution in [0.4, 0.5) is 0 Å². The summed E-state index contributed by atoms with van der Waals surface area (Å²) in [6.45, 7) is 2.89. The second-order valence-electron chi connectivity index (χ2n) is 6.72. The number of nitrogens with zero attached hydrogens (tertiary/aromatic N) is 4. The third kappa shape index (κ3) is 3.00. The number of hydrogen-bond acceptors (Lipinski definition) is 6. The number of amides is 1. The minimum Gasteiger partial charge on any atom is -0.497 e. The Bertz CT molecular complexity index is 1040. The molecule has 1 aromatic carbocycles. The number of aryl methyl sites for hydroxylation is 2. The van der Waals surface area contributed by atoms with Gasteiger partial charge in [0.15, 0.2) is 5.69 Å². The van der Waals surface area contributed by atoms with Crippen LogP contribution in [0.1, 0.15) is 27.4 Å². The topological polar surface area (TPSA) is 82.6 Å². The predicted octanol–water partition coefficient (Wildman–Crippen LogP) is 2.60. The molecule has 0 unspecified atom stereocenters. The van der Waals surface area contributed by atoms with E-state index in [0.29, 0.717) is 48.2 Å². The Balaban J connectivity index is 1.66. The predicted molar refractivity (Wildman–Crippen MR) is 101 cm³/mol. The highest BCUT2D eigenvalue weighted by atomic mass is 16.5. The van der Waals surface area contributed by atoms with Gasteiger partial charge in [0.2, 0.25) is 5.89 Å². The third-order valence-electron chi connectivity index (χ3n) is 4.99. The zero-order valence-corrected chi connectivity index (χ0v) is 16.4. The van der Waals surface area contributed by atoms with Gasteiger partial charge in [0.05, 0.1) is 32.5 Å². The molecule has 0 bridgehead atoms. The van der Waals surface area contributed by atoms with Crippen LogP contribution < -0.4 is 9.47 Å². The van der Waals surface area contributed by atoms with Gasteiger partial charge in [-0.2, -0.15) is 5.10 Å². The van der Waals surface area contributed by atoms with E-state index < -0.39 is 0 Å². The molecular formula is C20H22N4O4. The van der Waals surface area contributed by atoms with Crippen LogP contribution in [0.2, 0.25) is 0 Å². The van der Waals surface area contributed by atoms with E-state index in [9.17, 15) is 4.79 Å². The van der Waals surface area contributed by atoms with Crippen molar-refractivity contribution in [2.45, 2.75) is 19.9 Å². The monoisotopic (exact) mass is 382 g/mol. The lowest BCUT2D eigenvalue weighted by Gasteiger charge is -2.28. The molecule has 1 aliphatic rings. The molecule has 1 amide bonds. The average Bonchev–Trinajstić information content (AvgIpc) is 3.29. The molecule has 0 aliphatic carbocycles. The van der Waals surface area contributed by atoms with E-state index >= 15 is 0 Å². The first kappa shape index (κ1) is 18.1. The van der Waals surface area contributed by atoms with E-state index in [1.54, 1.807) is 43.5 Å². The van der Waals surface area contributed by atoms with Crippen LogP contribution in [0.3, 0.4) is 0 Å². The Labute approximate surface area is 162 Å². The number of fused-ring (bicyclic) bond motifs is 1. The molecule has 8 heteroatoms. The van der Waals surface area contributed by atoms with Crippen molar-refractivity contribution >= 4 is 5.91 Å². The number of benzene rings is 1. The first-order valence-corrected chi connectivity index (χ1v) is 9.00. The number of rotatable bonds is 4. The highest BCUT2D eigenvalue weighted by molar-refractivity contribution is 5.97. The van der Waals surface area contributed by atoms with Crippen molar-refractivity contribution in [3.63, 3.8) is 0 Å². The summed E-state index contributed by atoms with van der Waals surface area (Å²) in [5.74, 6) is 2.24. The minimum absolute atomic E-state index is 0.0939. The number of carbonyl (C=O) groups is 1. The molecule has 2 aromatic heterocycles. The number of methoxy groups -OCH3 is 2. The van der Waals surface area contributed by atoms with Crippen LogP contribution in [-0.2, 0) is 20.0 Å². The summed E-state index contributed by atoms with van der Waals surface area (Å²) in [4.78, 5) is 19.3. The maximum absolute atomic E-state index is 13.2. The molecule has 0 fully saturated rings. The molecule has 0 saturated carbocycles. The quantitative estimate of drug-likeness (QED) is 0.690. The van der Waals surface area contributed by atoms with Crippen LogP contribution in [0, 0.1) is 6.92 Å². The van der Waals surface area contributed by atoms with Crippen molar-refractivity contribution in [2.24, 2.45) is 7.05 Å². The van der Waals surface area contributed by atoms with Gasteiger partial charge < -0.3 is 18.8 Å². The van der Waals surface area contributed by atoms with Gasteiger partial charge in [0.1, 0.15) is 17.3 Å². The Morgan fingerprint density at radius 3 is 2.75 bits per heavy atom. The SMILES string of the molecule is COc1ccc(C(=O)N2CCc3c(c(-c4ncc(C)o4)nn3C)C2)c(OC)c1. The second kappa shape index (κ2) is 7.03. The largest absolute Gasteiger partial charge is 0.497 e. The molecular weight excluding hydrogens is 360 g/mol. The second-order valence-corrected chi connectivity index (χ2v) is 6.72. The molecule has 0 N–H and O–H groups in total. The van der Waals surface area contributed by atoms with Gasteiger partial charge >= 0.3 is 0 Å². The summed E-state index contributed by atoms with van der Waals surface area (Å²) in [6.07, 6.45) is 2.38. The van der Waals surface area contributed by atoms with Gasteiger partial charge in [-0.05, 0) is 19.1 Å². The summed E-state index contributed by atoms with van der Waals surface area (Å²) in [5, 5.41) is 4.58. The lowest BCUT2D eigenvalue weighted by Crippen LogP contribution is -2.36. The van der Waals surface area contributed by atoms with E-state index in [1.807, 2.05) is 18.7 Å².